The number of sulfonamides is 1. The van der Waals surface area contributed by atoms with Crippen LogP contribution in [0.4, 0.5) is 18.9 Å². The smallest absolute Gasteiger partial charge is 0.339 e. The highest BCUT2D eigenvalue weighted by Gasteiger charge is 2.30. The topological polar surface area (TPSA) is 114 Å². The van der Waals surface area contributed by atoms with Crippen LogP contribution in [0.1, 0.15) is 17.9 Å². The molecule has 3 aromatic rings. The summed E-state index contributed by atoms with van der Waals surface area (Å²) in [5.41, 5.74) is 2.17. The minimum absolute atomic E-state index is 0.0305. The van der Waals surface area contributed by atoms with Crippen LogP contribution in [0.25, 0.3) is 11.4 Å². The number of rotatable bonds is 8. The van der Waals surface area contributed by atoms with Crippen LogP contribution in [-0.2, 0) is 21.2 Å². The number of amides is 1. The van der Waals surface area contributed by atoms with Gasteiger partial charge >= 0.3 is 6.18 Å². The Morgan fingerprint density at radius 2 is 1.72 bits per heavy atom. The minimum Gasteiger partial charge on any atom is -0.339 e. The Morgan fingerprint density at radius 1 is 1.06 bits per heavy atom. The summed E-state index contributed by atoms with van der Waals surface area (Å²) < 4.78 is 67.0. The van der Waals surface area contributed by atoms with E-state index in [2.05, 4.69) is 15.5 Å². The van der Waals surface area contributed by atoms with Gasteiger partial charge in [-0.3, -0.25) is 4.79 Å². The molecule has 0 unspecified atom stereocenters. The zero-order valence-corrected chi connectivity index (χ0v) is 17.6. The lowest BCUT2D eigenvalue weighted by molar-refractivity contribution is -0.121. The van der Waals surface area contributed by atoms with Crippen LogP contribution in [-0.4, -0.2) is 37.2 Å². The number of alkyl halides is 3. The number of carbonyl (C=O) groups is 1. The highest BCUT2D eigenvalue weighted by atomic mass is 32.2. The number of benzene rings is 2. The molecular formula is C20H19F3N4O4S. The maximum atomic E-state index is 12.2. The van der Waals surface area contributed by atoms with Crippen molar-refractivity contribution in [2.45, 2.75) is 30.8 Å². The number of nitrogens with zero attached hydrogens (tertiary/aromatic N) is 2. The van der Waals surface area contributed by atoms with Crippen molar-refractivity contribution in [2.24, 2.45) is 0 Å². The predicted molar refractivity (Wildman–Crippen MR) is 109 cm³/mol. The Morgan fingerprint density at radius 3 is 2.34 bits per heavy atom. The predicted octanol–water partition coefficient (Wildman–Crippen LogP) is 3.46. The standard InChI is InChI=1S/C20H19F3N4O4S/c1-13-2-4-14(5-3-13)19-26-18(31-27-19)11-10-17(28)25-15-6-8-16(9-7-15)32(29,30)24-12-20(21,22)23/h2-9,24H,10-12H2,1H3,(H,25,28). The summed E-state index contributed by atoms with van der Waals surface area (Å²) >= 11 is 0. The number of hydrogen-bond donors (Lipinski definition) is 2. The van der Waals surface area contributed by atoms with Gasteiger partial charge in [0.1, 0.15) is 6.54 Å². The third-order valence-electron chi connectivity index (χ3n) is 4.25. The molecule has 0 radical (unpaired) electrons. The molecule has 1 amide bonds. The lowest BCUT2D eigenvalue weighted by Crippen LogP contribution is -2.33. The van der Waals surface area contributed by atoms with Crippen LogP contribution >= 0.6 is 0 Å². The Hall–Kier alpha value is -3.25. The van der Waals surface area contributed by atoms with E-state index in [0.29, 0.717) is 5.82 Å². The lowest BCUT2D eigenvalue weighted by atomic mass is 10.1. The summed E-state index contributed by atoms with van der Waals surface area (Å²) in [5, 5.41) is 6.46. The quantitative estimate of drug-likeness (QED) is 0.523. The molecule has 0 spiro atoms. The molecule has 3 rings (SSSR count). The van der Waals surface area contributed by atoms with Gasteiger partial charge in [0.2, 0.25) is 27.6 Å². The monoisotopic (exact) mass is 468 g/mol. The van der Waals surface area contributed by atoms with Crippen LogP contribution in [0.2, 0.25) is 0 Å². The first-order valence-corrected chi connectivity index (χ1v) is 10.9. The second-order valence-electron chi connectivity index (χ2n) is 6.89. The number of nitrogens with one attached hydrogen (secondary N) is 2. The number of aryl methyl sites for hydroxylation is 2. The van der Waals surface area contributed by atoms with E-state index in [1.165, 1.54) is 16.9 Å². The number of aromatic nitrogens is 2. The maximum absolute atomic E-state index is 12.2. The molecule has 170 valence electrons. The van der Waals surface area contributed by atoms with Crippen molar-refractivity contribution < 1.29 is 30.9 Å². The van der Waals surface area contributed by atoms with Gasteiger partial charge in [-0.2, -0.15) is 18.2 Å². The number of halogens is 3. The molecule has 2 aromatic carbocycles. The summed E-state index contributed by atoms with van der Waals surface area (Å²) in [6, 6.07) is 12.3. The third kappa shape index (κ3) is 6.62. The molecule has 1 aromatic heterocycles. The van der Waals surface area contributed by atoms with E-state index in [1.807, 2.05) is 31.2 Å². The average Bonchev–Trinajstić information content (AvgIpc) is 3.20. The zero-order valence-electron chi connectivity index (χ0n) is 16.8. The van der Waals surface area contributed by atoms with Gasteiger partial charge in [-0.05, 0) is 31.2 Å². The number of carbonyl (C=O) groups excluding carboxylic acids is 1. The van der Waals surface area contributed by atoms with Crippen molar-refractivity contribution in [1.82, 2.24) is 14.9 Å². The van der Waals surface area contributed by atoms with E-state index in [4.69, 9.17) is 4.52 Å². The molecule has 0 atom stereocenters. The number of hydrogen-bond acceptors (Lipinski definition) is 6. The molecule has 32 heavy (non-hydrogen) atoms. The van der Waals surface area contributed by atoms with Gasteiger partial charge in [0.25, 0.3) is 0 Å². The van der Waals surface area contributed by atoms with Gasteiger partial charge in [0, 0.05) is 24.1 Å². The first-order chi connectivity index (χ1) is 15.0. The molecule has 0 saturated heterocycles. The summed E-state index contributed by atoms with van der Waals surface area (Å²) in [6.07, 6.45) is -4.44. The van der Waals surface area contributed by atoms with Gasteiger partial charge in [0.05, 0.1) is 4.90 Å². The van der Waals surface area contributed by atoms with Gasteiger partial charge in [-0.25, -0.2) is 13.1 Å². The second kappa shape index (κ2) is 9.49. The van der Waals surface area contributed by atoms with Gasteiger partial charge in [-0.15, -0.1) is 0 Å². The van der Waals surface area contributed by atoms with Crippen LogP contribution in [0, 0.1) is 6.92 Å². The molecule has 0 aliphatic heterocycles. The molecule has 2 N–H and O–H groups in total. The van der Waals surface area contributed by atoms with Crippen molar-refractivity contribution in [3.63, 3.8) is 0 Å². The first kappa shape index (κ1) is 23.4. The first-order valence-electron chi connectivity index (χ1n) is 9.38. The SMILES string of the molecule is Cc1ccc(-c2noc(CCC(=O)Nc3ccc(S(=O)(=O)NCC(F)(F)F)cc3)n2)cc1. The van der Waals surface area contributed by atoms with E-state index in [-0.39, 0.29) is 35.2 Å². The minimum atomic E-state index is -4.67. The fourth-order valence-corrected chi connectivity index (χ4v) is 3.61. The molecule has 0 fully saturated rings. The molecule has 0 aliphatic rings. The molecule has 1 heterocycles. The second-order valence-corrected chi connectivity index (χ2v) is 8.66. The van der Waals surface area contributed by atoms with E-state index in [0.717, 1.165) is 23.3 Å². The maximum Gasteiger partial charge on any atom is 0.402 e. The molecule has 12 heteroatoms. The largest absolute Gasteiger partial charge is 0.402 e. The molecular weight excluding hydrogens is 449 g/mol. The third-order valence-corrected chi connectivity index (χ3v) is 5.67. The van der Waals surface area contributed by atoms with E-state index < -0.39 is 22.7 Å². The Balaban J connectivity index is 1.53. The summed E-state index contributed by atoms with van der Waals surface area (Å²) in [5.74, 6) is 0.315. The van der Waals surface area contributed by atoms with E-state index >= 15 is 0 Å². The van der Waals surface area contributed by atoms with Gasteiger partial charge in [-0.1, -0.05) is 35.0 Å². The van der Waals surface area contributed by atoms with Crippen LogP contribution < -0.4 is 10.0 Å². The number of anilines is 1. The van der Waals surface area contributed by atoms with Crippen molar-refractivity contribution in [3.05, 3.63) is 60.0 Å². The Kier molecular flexibility index (Phi) is 6.94. The van der Waals surface area contributed by atoms with E-state index in [1.54, 1.807) is 0 Å². The highest BCUT2D eigenvalue weighted by molar-refractivity contribution is 7.89. The van der Waals surface area contributed by atoms with Crippen molar-refractivity contribution >= 4 is 21.6 Å². The normalized spacial score (nSPS) is 12.0. The Bertz CT molecular complexity index is 1170. The summed E-state index contributed by atoms with van der Waals surface area (Å²) in [6.45, 7) is 0.288. The summed E-state index contributed by atoms with van der Waals surface area (Å²) in [4.78, 5) is 16.0. The molecule has 0 saturated carbocycles. The zero-order chi connectivity index (χ0) is 23.4. The van der Waals surface area contributed by atoms with Crippen molar-refractivity contribution in [3.8, 4) is 11.4 Å². The van der Waals surface area contributed by atoms with Gasteiger partial charge < -0.3 is 9.84 Å². The van der Waals surface area contributed by atoms with Crippen molar-refractivity contribution in [1.29, 1.82) is 0 Å². The average molecular weight is 468 g/mol. The van der Waals surface area contributed by atoms with Crippen molar-refractivity contribution in [2.75, 3.05) is 11.9 Å². The molecule has 0 bridgehead atoms. The lowest BCUT2D eigenvalue weighted by Gasteiger charge is -2.10. The van der Waals surface area contributed by atoms with Crippen LogP contribution in [0.15, 0.2) is 57.9 Å². The Labute approximate surface area is 181 Å². The molecule has 8 nitrogen and oxygen atoms in total. The highest BCUT2D eigenvalue weighted by Crippen LogP contribution is 2.19. The molecule has 0 aliphatic carbocycles. The fraction of sp³-hybridized carbons (Fsp3) is 0.250. The van der Waals surface area contributed by atoms with E-state index in [9.17, 15) is 26.4 Å². The van der Waals surface area contributed by atoms with Crippen LogP contribution in [0.3, 0.4) is 0 Å². The fourth-order valence-electron chi connectivity index (χ4n) is 2.60. The summed E-state index contributed by atoms with van der Waals surface area (Å²) in [7, 11) is -4.32. The van der Waals surface area contributed by atoms with Gasteiger partial charge in [0.15, 0.2) is 0 Å². The van der Waals surface area contributed by atoms with Crippen LogP contribution in [0.5, 0.6) is 0 Å².